The van der Waals surface area contributed by atoms with Gasteiger partial charge in [0.25, 0.3) is 5.56 Å². The first-order chi connectivity index (χ1) is 7.56. The van der Waals surface area contributed by atoms with E-state index in [4.69, 9.17) is 0 Å². The lowest BCUT2D eigenvalue weighted by molar-refractivity contribution is 0.784. The summed E-state index contributed by atoms with van der Waals surface area (Å²) in [4.78, 5) is 11.7. The molecule has 0 aliphatic rings. The summed E-state index contributed by atoms with van der Waals surface area (Å²) in [6.45, 7) is 7.71. The van der Waals surface area contributed by atoms with E-state index in [0.717, 1.165) is 22.5 Å². The van der Waals surface area contributed by atoms with Gasteiger partial charge >= 0.3 is 0 Å². The Bertz CT molecular complexity index is 564. The molecule has 0 spiro atoms. The largest absolute Gasteiger partial charge is 0.271 e. The molecule has 0 N–H and O–H groups in total. The van der Waals surface area contributed by atoms with Crippen molar-refractivity contribution in [1.29, 1.82) is 0 Å². The van der Waals surface area contributed by atoms with Crippen LogP contribution < -0.4 is 5.56 Å². The van der Waals surface area contributed by atoms with Gasteiger partial charge in [-0.1, -0.05) is 6.07 Å². The number of aromatic nitrogens is 2. The van der Waals surface area contributed by atoms with Crippen molar-refractivity contribution in [2.24, 2.45) is 0 Å². The van der Waals surface area contributed by atoms with Crippen molar-refractivity contribution in [1.82, 2.24) is 9.78 Å². The fourth-order valence-corrected chi connectivity index (χ4v) is 1.65. The van der Waals surface area contributed by atoms with Crippen LogP contribution in [-0.4, -0.2) is 9.78 Å². The topological polar surface area (TPSA) is 34.9 Å². The van der Waals surface area contributed by atoms with E-state index < -0.39 is 0 Å². The van der Waals surface area contributed by atoms with Crippen LogP contribution in [0.1, 0.15) is 16.8 Å². The van der Waals surface area contributed by atoms with Crippen molar-refractivity contribution >= 4 is 0 Å². The van der Waals surface area contributed by atoms with Gasteiger partial charge in [-0.3, -0.25) is 4.79 Å². The summed E-state index contributed by atoms with van der Waals surface area (Å²) in [6, 6.07) is 8.96. The summed E-state index contributed by atoms with van der Waals surface area (Å²) in [7, 11) is 0. The van der Waals surface area contributed by atoms with Crippen LogP contribution >= 0.6 is 0 Å². The van der Waals surface area contributed by atoms with Crippen molar-refractivity contribution in [3.05, 3.63) is 64.4 Å². The van der Waals surface area contributed by atoms with Crippen LogP contribution in [0.4, 0.5) is 0 Å². The zero-order valence-corrected chi connectivity index (χ0v) is 9.40. The summed E-state index contributed by atoms with van der Waals surface area (Å²) in [5, 5.41) is 4.20. The van der Waals surface area contributed by atoms with Gasteiger partial charge in [-0.15, -0.1) is 0 Å². The molecular weight excluding hydrogens is 200 g/mol. The third-order valence-electron chi connectivity index (χ3n) is 2.30. The quantitative estimate of drug-likeness (QED) is 0.726. The van der Waals surface area contributed by atoms with Crippen molar-refractivity contribution in [2.45, 2.75) is 13.8 Å². The van der Waals surface area contributed by atoms with E-state index in [1.165, 1.54) is 10.7 Å². The lowest BCUT2D eigenvalue weighted by Gasteiger charge is -2.07. The Labute approximate surface area is 94.4 Å². The molecule has 0 bridgehead atoms. The van der Waals surface area contributed by atoms with Crippen LogP contribution in [-0.2, 0) is 0 Å². The van der Waals surface area contributed by atoms with Gasteiger partial charge in [0, 0.05) is 6.07 Å². The van der Waals surface area contributed by atoms with Crippen LogP contribution in [0.3, 0.4) is 0 Å². The van der Waals surface area contributed by atoms with Gasteiger partial charge in [0.1, 0.15) is 0 Å². The average molecular weight is 213 g/mol. The Balaban J connectivity index is 2.67. The number of rotatable bonds is 1. The van der Waals surface area contributed by atoms with Gasteiger partial charge in [0.05, 0.1) is 11.4 Å². The van der Waals surface area contributed by atoms with Gasteiger partial charge in [-0.25, -0.2) is 0 Å². The summed E-state index contributed by atoms with van der Waals surface area (Å²) in [5.41, 5.74) is 3.39. The molecule has 3 heteroatoms. The molecule has 0 atom stereocenters. The van der Waals surface area contributed by atoms with Crippen LogP contribution in [0.2, 0.25) is 0 Å². The zero-order valence-electron chi connectivity index (χ0n) is 9.40. The Hall–Kier alpha value is -1.90. The molecule has 1 radical (unpaired) electrons. The molecule has 0 amide bonds. The molecular formula is C13H13N2O. The molecule has 2 rings (SSSR count). The molecule has 0 saturated carbocycles. The average Bonchev–Trinajstić information content (AvgIpc) is 2.20. The summed E-state index contributed by atoms with van der Waals surface area (Å²) in [5.74, 6) is 0. The first kappa shape index (κ1) is 10.6. The molecule has 0 fully saturated rings. The third-order valence-corrected chi connectivity index (χ3v) is 2.30. The van der Waals surface area contributed by atoms with Gasteiger partial charge in [-0.2, -0.15) is 9.78 Å². The lowest BCUT2D eigenvalue weighted by Crippen LogP contribution is -2.20. The Morgan fingerprint density at radius 1 is 1.19 bits per heavy atom. The first-order valence-electron chi connectivity index (χ1n) is 5.07. The predicted octanol–water partition coefficient (Wildman–Crippen LogP) is 2.03. The molecule has 81 valence electrons. The highest BCUT2D eigenvalue weighted by Crippen LogP contribution is 2.11. The minimum atomic E-state index is -0.129. The van der Waals surface area contributed by atoms with E-state index in [1.54, 1.807) is 6.07 Å². The highest BCUT2D eigenvalue weighted by Gasteiger charge is 2.02. The minimum Gasteiger partial charge on any atom is -0.267 e. The molecule has 1 aromatic heterocycles. The zero-order chi connectivity index (χ0) is 11.7. The van der Waals surface area contributed by atoms with Gasteiger partial charge in [-0.05, 0) is 50.1 Å². The van der Waals surface area contributed by atoms with Crippen LogP contribution in [0.25, 0.3) is 5.69 Å². The van der Waals surface area contributed by atoms with E-state index in [2.05, 4.69) is 12.0 Å². The maximum Gasteiger partial charge on any atom is 0.271 e. The minimum absolute atomic E-state index is 0.129. The second-order valence-electron chi connectivity index (χ2n) is 3.90. The van der Waals surface area contributed by atoms with E-state index in [9.17, 15) is 4.79 Å². The predicted molar refractivity (Wildman–Crippen MR) is 63.8 cm³/mol. The highest BCUT2D eigenvalue weighted by atomic mass is 16.1. The number of hydrogen-bond acceptors (Lipinski definition) is 2. The second-order valence-corrected chi connectivity index (χ2v) is 3.90. The van der Waals surface area contributed by atoms with Crippen molar-refractivity contribution in [2.75, 3.05) is 0 Å². The van der Waals surface area contributed by atoms with Crippen molar-refractivity contribution in [3.8, 4) is 5.69 Å². The number of nitrogens with zero attached hydrogens (tertiary/aromatic N) is 2. The number of benzene rings is 1. The van der Waals surface area contributed by atoms with E-state index in [-0.39, 0.29) is 5.56 Å². The van der Waals surface area contributed by atoms with Crippen LogP contribution in [0, 0.1) is 20.8 Å². The maximum absolute atomic E-state index is 11.7. The SMILES string of the molecule is [CH2]c1cc(C)cc(-n2nc(C)ccc2=O)c1. The second kappa shape index (κ2) is 3.93. The van der Waals surface area contributed by atoms with Crippen molar-refractivity contribution in [3.63, 3.8) is 0 Å². The first-order valence-corrected chi connectivity index (χ1v) is 5.07. The lowest BCUT2D eigenvalue weighted by atomic mass is 10.1. The molecule has 3 nitrogen and oxygen atoms in total. The van der Waals surface area contributed by atoms with Crippen molar-refractivity contribution < 1.29 is 0 Å². The third kappa shape index (κ3) is 2.03. The van der Waals surface area contributed by atoms with Gasteiger partial charge < -0.3 is 0 Å². The number of aryl methyl sites for hydroxylation is 2. The molecule has 1 aromatic carbocycles. The van der Waals surface area contributed by atoms with E-state index in [1.807, 2.05) is 32.0 Å². The molecule has 0 saturated heterocycles. The smallest absolute Gasteiger partial charge is 0.267 e. The Kier molecular flexibility index (Phi) is 2.60. The number of hydrogen-bond donors (Lipinski definition) is 0. The summed E-state index contributed by atoms with van der Waals surface area (Å²) < 4.78 is 1.40. The molecule has 1 heterocycles. The Morgan fingerprint density at radius 3 is 2.62 bits per heavy atom. The highest BCUT2D eigenvalue weighted by molar-refractivity contribution is 5.40. The van der Waals surface area contributed by atoms with Crippen LogP contribution in [0.5, 0.6) is 0 Å². The van der Waals surface area contributed by atoms with E-state index in [0.29, 0.717) is 0 Å². The summed E-state index contributed by atoms with van der Waals surface area (Å²) >= 11 is 0. The standard InChI is InChI=1S/C13H13N2O/c1-9-6-10(2)8-12(7-9)15-13(16)5-4-11(3)14-15/h4-8H,1H2,2-3H3. The fraction of sp³-hybridized carbons (Fsp3) is 0.154. The Morgan fingerprint density at radius 2 is 1.94 bits per heavy atom. The molecule has 0 aliphatic carbocycles. The van der Waals surface area contributed by atoms with Gasteiger partial charge in [0.2, 0.25) is 0 Å². The molecule has 2 aromatic rings. The monoisotopic (exact) mass is 213 g/mol. The maximum atomic E-state index is 11.7. The molecule has 0 unspecified atom stereocenters. The van der Waals surface area contributed by atoms with E-state index >= 15 is 0 Å². The molecule has 16 heavy (non-hydrogen) atoms. The molecule has 0 aliphatic heterocycles. The van der Waals surface area contributed by atoms with Crippen LogP contribution in [0.15, 0.2) is 35.1 Å². The normalized spacial score (nSPS) is 10.4. The van der Waals surface area contributed by atoms with Gasteiger partial charge in [0.15, 0.2) is 0 Å². The fourth-order valence-electron chi connectivity index (χ4n) is 1.65. The summed E-state index contributed by atoms with van der Waals surface area (Å²) in [6.07, 6.45) is 0.